The van der Waals surface area contributed by atoms with Crippen LogP contribution in [0.4, 0.5) is 17.1 Å². The van der Waals surface area contributed by atoms with Crippen molar-refractivity contribution in [2.45, 2.75) is 20.3 Å². The van der Waals surface area contributed by atoms with Crippen LogP contribution in [0, 0.1) is 16.0 Å². The van der Waals surface area contributed by atoms with Gasteiger partial charge in [-0.1, -0.05) is 26.0 Å². The van der Waals surface area contributed by atoms with Gasteiger partial charge in [0.25, 0.3) is 11.6 Å². The second-order valence-corrected chi connectivity index (χ2v) is 8.60. The van der Waals surface area contributed by atoms with Gasteiger partial charge in [-0.2, -0.15) is 0 Å². The number of nitrogens with one attached hydrogen (secondary N) is 2. The number of carbonyl (C=O) groups is 2. The number of nitro benzene ring substituents is 1. The normalized spacial score (nSPS) is 13.5. The van der Waals surface area contributed by atoms with E-state index >= 15 is 0 Å². The lowest BCUT2D eigenvalue weighted by Gasteiger charge is -2.36. The summed E-state index contributed by atoms with van der Waals surface area (Å²) in [5.74, 6) is -0.0869. The first-order valence-corrected chi connectivity index (χ1v) is 11.1. The second kappa shape index (κ2) is 10.9. The summed E-state index contributed by atoms with van der Waals surface area (Å²) in [4.78, 5) is 39.3. The molecular weight excluding hydrogens is 442 g/mol. The van der Waals surface area contributed by atoms with Gasteiger partial charge in [-0.25, -0.2) is 0 Å². The molecule has 1 saturated heterocycles. The molecule has 2 aromatic rings. The first kappa shape index (κ1) is 24.1. The molecule has 0 bridgehead atoms. The third-order valence-electron chi connectivity index (χ3n) is 5.28. The molecule has 0 aromatic heterocycles. The van der Waals surface area contributed by atoms with E-state index in [1.54, 1.807) is 6.07 Å². The van der Waals surface area contributed by atoms with Crippen molar-refractivity contribution in [3.63, 3.8) is 0 Å². The van der Waals surface area contributed by atoms with Gasteiger partial charge >= 0.3 is 0 Å². The van der Waals surface area contributed by atoms with Crippen molar-refractivity contribution < 1.29 is 14.5 Å². The van der Waals surface area contributed by atoms with Crippen molar-refractivity contribution in [1.29, 1.82) is 0 Å². The predicted molar refractivity (Wildman–Crippen MR) is 131 cm³/mol. The molecule has 33 heavy (non-hydrogen) atoms. The molecule has 2 aromatic carbocycles. The Morgan fingerprint density at radius 1 is 1.06 bits per heavy atom. The fraction of sp³-hybridized carbons (Fsp3) is 0.348. The van der Waals surface area contributed by atoms with Crippen LogP contribution in [0.15, 0.2) is 48.5 Å². The van der Waals surface area contributed by atoms with Crippen LogP contribution in [0.5, 0.6) is 0 Å². The van der Waals surface area contributed by atoms with E-state index in [2.05, 4.69) is 15.5 Å². The molecule has 1 fully saturated rings. The summed E-state index contributed by atoms with van der Waals surface area (Å²) in [7, 11) is 0. The number of piperazine rings is 1. The maximum Gasteiger partial charge on any atom is 0.282 e. The maximum absolute atomic E-state index is 12.4. The van der Waals surface area contributed by atoms with Gasteiger partial charge in [0.05, 0.1) is 4.92 Å². The number of para-hydroxylation sites is 1. The lowest BCUT2D eigenvalue weighted by atomic mass is 10.1. The van der Waals surface area contributed by atoms with Crippen LogP contribution in [0.25, 0.3) is 0 Å². The molecule has 2 amide bonds. The van der Waals surface area contributed by atoms with Gasteiger partial charge < -0.3 is 15.1 Å². The van der Waals surface area contributed by atoms with Crippen LogP contribution in [-0.4, -0.2) is 52.9 Å². The van der Waals surface area contributed by atoms with Crippen molar-refractivity contribution >= 4 is 46.2 Å². The zero-order valence-electron chi connectivity index (χ0n) is 18.6. The molecule has 3 rings (SSSR count). The minimum atomic E-state index is -0.652. The van der Waals surface area contributed by atoms with E-state index < -0.39 is 10.8 Å². The van der Waals surface area contributed by atoms with Gasteiger partial charge in [-0.15, -0.1) is 0 Å². The number of hydrogen-bond donors (Lipinski definition) is 2. The Morgan fingerprint density at radius 3 is 2.30 bits per heavy atom. The molecular formula is C23H27N5O4S. The van der Waals surface area contributed by atoms with Gasteiger partial charge in [0, 0.05) is 50.0 Å². The lowest BCUT2D eigenvalue weighted by Crippen LogP contribution is -2.49. The molecule has 1 aliphatic rings. The summed E-state index contributed by atoms with van der Waals surface area (Å²) in [5.41, 5.74) is 1.37. The summed E-state index contributed by atoms with van der Waals surface area (Å²) in [6.07, 6.45) is 0.578. The van der Waals surface area contributed by atoms with Gasteiger partial charge in [-0.05, 0) is 48.5 Å². The number of thiocarbonyl (C=S) groups is 1. The zero-order valence-corrected chi connectivity index (χ0v) is 19.4. The highest BCUT2D eigenvalue weighted by Crippen LogP contribution is 2.21. The summed E-state index contributed by atoms with van der Waals surface area (Å²) >= 11 is 5.19. The minimum Gasteiger partial charge on any atom is -0.368 e. The Hall–Kier alpha value is -3.53. The van der Waals surface area contributed by atoms with Crippen LogP contribution in [0.1, 0.15) is 30.6 Å². The average Bonchev–Trinajstić information content (AvgIpc) is 2.79. The summed E-state index contributed by atoms with van der Waals surface area (Å²) in [5, 5.41) is 16.6. The Morgan fingerprint density at radius 2 is 1.70 bits per heavy atom. The number of amides is 2. The third-order valence-corrected chi connectivity index (χ3v) is 5.48. The molecule has 1 heterocycles. The molecule has 1 aliphatic heterocycles. The fourth-order valence-electron chi connectivity index (χ4n) is 3.61. The monoisotopic (exact) mass is 469 g/mol. The van der Waals surface area contributed by atoms with E-state index in [4.69, 9.17) is 12.2 Å². The van der Waals surface area contributed by atoms with E-state index in [-0.39, 0.29) is 22.3 Å². The van der Waals surface area contributed by atoms with E-state index in [0.717, 1.165) is 18.8 Å². The fourth-order valence-corrected chi connectivity index (χ4v) is 3.82. The molecule has 0 atom stereocenters. The Bertz CT molecular complexity index is 1030. The molecule has 0 unspecified atom stereocenters. The predicted octanol–water partition coefficient (Wildman–Crippen LogP) is 3.42. The minimum absolute atomic E-state index is 0.0446. The van der Waals surface area contributed by atoms with Gasteiger partial charge in [0.2, 0.25) is 5.91 Å². The van der Waals surface area contributed by atoms with Crippen LogP contribution in [-0.2, 0) is 4.79 Å². The summed E-state index contributed by atoms with van der Waals surface area (Å²) in [6.45, 7) is 7.03. The van der Waals surface area contributed by atoms with Crippen LogP contribution < -0.4 is 15.5 Å². The van der Waals surface area contributed by atoms with E-state index in [1.807, 2.05) is 43.0 Å². The van der Waals surface area contributed by atoms with Crippen LogP contribution >= 0.6 is 12.2 Å². The first-order valence-electron chi connectivity index (χ1n) is 10.7. The first-order chi connectivity index (χ1) is 15.7. The van der Waals surface area contributed by atoms with E-state index in [9.17, 15) is 19.7 Å². The molecule has 0 saturated carbocycles. The highest BCUT2D eigenvalue weighted by Gasteiger charge is 2.22. The standard InChI is InChI=1S/C23H27N5O4S/c1-16(2)15-21(29)27-13-11-26(12-14-27)18-9-7-17(8-10-18)24-23(33)25-22(30)19-5-3-4-6-20(19)28(31)32/h3-10,16H,11-15H2,1-2H3,(H2,24,25,30,33). The number of nitro groups is 1. The highest BCUT2D eigenvalue weighted by molar-refractivity contribution is 7.80. The number of benzene rings is 2. The largest absolute Gasteiger partial charge is 0.368 e. The van der Waals surface area contributed by atoms with Crippen molar-refractivity contribution in [2.75, 3.05) is 36.4 Å². The van der Waals surface area contributed by atoms with E-state index in [1.165, 1.54) is 18.2 Å². The molecule has 0 aliphatic carbocycles. The average molecular weight is 470 g/mol. The van der Waals surface area contributed by atoms with Crippen molar-refractivity contribution in [1.82, 2.24) is 10.2 Å². The van der Waals surface area contributed by atoms with Crippen molar-refractivity contribution in [2.24, 2.45) is 5.92 Å². The Balaban J connectivity index is 1.53. The van der Waals surface area contributed by atoms with Crippen LogP contribution in [0.3, 0.4) is 0 Å². The smallest absolute Gasteiger partial charge is 0.282 e. The lowest BCUT2D eigenvalue weighted by molar-refractivity contribution is -0.385. The highest BCUT2D eigenvalue weighted by atomic mass is 32.1. The molecule has 2 N–H and O–H groups in total. The quantitative estimate of drug-likeness (QED) is 0.379. The number of nitrogens with zero attached hydrogens (tertiary/aromatic N) is 3. The topological polar surface area (TPSA) is 108 Å². The number of hydrogen-bond acceptors (Lipinski definition) is 6. The molecule has 174 valence electrons. The maximum atomic E-state index is 12.4. The molecule has 9 nitrogen and oxygen atoms in total. The van der Waals surface area contributed by atoms with Crippen molar-refractivity contribution in [3.05, 3.63) is 64.2 Å². The number of rotatable bonds is 6. The second-order valence-electron chi connectivity index (χ2n) is 8.20. The Labute approximate surface area is 197 Å². The number of carbonyl (C=O) groups excluding carboxylic acids is 2. The number of anilines is 2. The third kappa shape index (κ3) is 6.48. The SMILES string of the molecule is CC(C)CC(=O)N1CCN(c2ccc(NC(=S)NC(=O)c3ccccc3[N+](=O)[O-])cc2)CC1. The van der Waals surface area contributed by atoms with Gasteiger partial charge in [-0.3, -0.25) is 25.0 Å². The molecule has 0 radical (unpaired) electrons. The Kier molecular flexibility index (Phi) is 7.94. The summed E-state index contributed by atoms with van der Waals surface area (Å²) < 4.78 is 0. The van der Waals surface area contributed by atoms with Gasteiger partial charge in [0.1, 0.15) is 5.56 Å². The molecule has 10 heteroatoms. The van der Waals surface area contributed by atoms with E-state index in [0.29, 0.717) is 31.1 Å². The molecule has 0 spiro atoms. The summed E-state index contributed by atoms with van der Waals surface area (Å²) in [6, 6.07) is 13.3. The van der Waals surface area contributed by atoms with Crippen LogP contribution in [0.2, 0.25) is 0 Å². The van der Waals surface area contributed by atoms with Crippen molar-refractivity contribution in [3.8, 4) is 0 Å². The zero-order chi connectivity index (χ0) is 24.0. The van der Waals surface area contributed by atoms with Gasteiger partial charge in [0.15, 0.2) is 5.11 Å².